The van der Waals surface area contributed by atoms with Gasteiger partial charge in [0.05, 0.1) is 0 Å². The van der Waals surface area contributed by atoms with Gasteiger partial charge in [-0.15, -0.1) is 0 Å². The molecule has 186 valence electrons. The number of rotatable bonds is 9. The minimum atomic E-state index is -0.114. The highest BCUT2D eigenvalue weighted by Crippen LogP contribution is 2.52. The fraction of sp³-hybridized carbons (Fsp3) is 0.406. The van der Waals surface area contributed by atoms with Crippen LogP contribution >= 0.6 is 8.58 Å². The third kappa shape index (κ3) is 6.22. The molecule has 1 atom stereocenters. The summed E-state index contributed by atoms with van der Waals surface area (Å²) >= 11 is 0. The summed E-state index contributed by atoms with van der Waals surface area (Å²) in [6.07, 6.45) is 1.95. The molecule has 0 N–H and O–H groups in total. The predicted octanol–water partition coefficient (Wildman–Crippen LogP) is 8.40. The summed E-state index contributed by atoms with van der Waals surface area (Å²) in [6.45, 7) is 17.8. The van der Waals surface area contributed by atoms with Gasteiger partial charge < -0.3 is 4.74 Å². The van der Waals surface area contributed by atoms with Crippen molar-refractivity contribution < 1.29 is 9.53 Å². The minimum Gasteiger partial charge on any atom is -0.488 e. The average molecular weight is 489 g/mol. The maximum absolute atomic E-state index is 12.6. The van der Waals surface area contributed by atoms with E-state index in [2.05, 4.69) is 97.0 Å². The lowest BCUT2D eigenvalue weighted by Gasteiger charge is -2.37. The largest absolute Gasteiger partial charge is 0.488 e. The molecule has 0 spiro atoms. The smallest absolute Gasteiger partial charge is 0.160 e. The van der Waals surface area contributed by atoms with E-state index in [1.807, 2.05) is 12.1 Å². The summed E-state index contributed by atoms with van der Waals surface area (Å²) in [6, 6.07) is 21.3. The van der Waals surface area contributed by atoms with Crippen LogP contribution in [0.3, 0.4) is 0 Å². The Kier molecular flexibility index (Phi) is 8.60. The normalized spacial score (nSPS) is 12.3. The van der Waals surface area contributed by atoms with E-state index < -0.39 is 0 Å². The second-order valence-electron chi connectivity index (χ2n) is 10.7. The first kappa shape index (κ1) is 27.2. The molecule has 0 aliphatic rings. The second kappa shape index (κ2) is 11.1. The van der Waals surface area contributed by atoms with Gasteiger partial charge in [-0.05, 0) is 56.0 Å². The van der Waals surface area contributed by atoms with Crippen molar-refractivity contribution in [1.29, 1.82) is 0 Å². The van der Waals surface area contributed by atoms with Gasteiger partial charge in [0, 0.05) is 21.8 Å². The molecule has 0 fully saturated rings. The van der Waals surface area contributed by atoms with Crippen LogP contribution in [0.15, 0.2) is 60.7 Å². The summed E-state index contributed by atoms with van der Waals surface area (Å²) in [4.78, 5) is 12.6. The van der Waals surface area contributed by atoms with Crippen LogP contribution in [0.25, 0.3) is 0 Å². The molecule has 3 rings (SSSR count). The summed E-state index contributed by atoms with van der Waals surface area (Å²) in [5, 5.41) is 1.04. The van der Waals surface area contributed by atoms with Gasteiger partial charge >= 0.3 is 0 Å². The first-order valence-electron chi connectivity index (χ1n) is 12.7. The number of ether oxygens (including phenoxy) is 1. The highest BCUT2D eigenvalue weighted by Gasteiger charge is 2.36. The van der Waals surface area contributed by atoms with Gasteiger partial charge in [-0.2, -0.15) is 0 Å². The number of carbonyl (C=O) groups is 1. The first-order chi connectivity index (χ1) is 16.5. The zero-order valence-corrected chi connectivity index (χ0v) is 23.7. The maximum Gasteiger partial charge on any atom is 0.160 e. The van der Waals surface area contributed by atoms with Crippen LogP contribution in [0.1, 0.15) is 92.6 Å². The van der Waals surface area contributed by atoms with E-state index in [0.717, 1.165) is 40.6 Å². The quantitative estimate of drug-likeness (QED) is 0.223. The predicted molar refractivity (Wildman–Crippen MR) is 152 cm³/mol. The van der Waals surface area contributed by atoms with Gasteiger partial charge in [0.1, 0.15) is 12.4 Å². The average Bonchev–Trinajstić information content (AvgIpc) is 2.82. The number of Topliss-reactive ketones (excluding diaryl/α,β-unsaturated/α-hetero) is 1. The minimum absolute atomic E-state index is 0.0580. The van der Waals surface area contributed by atoms with Crippen molar-refractivity contribution in [3.63, 3.8) is 0 Å². The first-order valence-corrected chi connectivity index (χ1v) is 13.7. The molecular formula is C32H41O2P. The lowest BCUT2D eigenvalue weighted by molar-refractivity contribution is 0.101. The van der Waals surface area contributed by atoms with Crippen LogP contribution in [0.2, 0.25) is 0 Å². The molecule has 1 unspecified atom stereocenters. The fourth-order valence-electron chi connectivity index (χ4n) is 4.76. The molecule has 0 saturated carbocycles. The Bertz CT molecular complexity index is 1170. The summed E-state index contributed by atoms with van der Waals surface area (Å²) in [5.74, 6) is 1.15. The van der Waals surface area contributed by atoms with Crippen molar-refractivity contribution >= 4 is 19.7 Å². The van der Waals surface area contributed by atoms with Crippen LogP contribution in [0.5, 0.6) is 5.75 Å². The van der Waals surface area contributed by atoms with Crippen molar-refractivity contribution in [2.45, 2.75) is 85.4 Å². The van der Waals surface area contributed by atoms with Crippen LogP contribution in [0.4, 0.5) is 0 Å². The zero-order chi connectivity index (χ0) is 25.8. The molecule has 3 heteroatoms. The van der Waals surface area contributed by atoms with Gasteiger partial charge in [-0.25, -0.2) is 0 Å². The van der Waals surface area contributed by atoms with E-state index >= 15 is 0 Å². The molecule has 0 amide bonds. The fourth-order valence-corrected chi connectivity index (χ4v) is 6.50. The molecule has 0 radical (unpaired) electrons. The molecule has 35 heavy (non-hydrogen) atoms. The second-order valence-corrected chi connectivity index (χ2v) is 12.5. The summed E-state index contributed by atoms with van der Waals surface area (Å²) in [7, 11) is 0.474. The van der Waals surface area contributed by atoms with Crippen molar-refractivity contribution in [2.24, 2.45) is 0 Å². The van der Waals surface area contributed by atoms with E-state index in [1.54, 1.807) is 6.92 Å². The van der Waals surface area contributed by atoms with Gasteiger partial charge in [0.15, 0.2) is 5.78 Å². The van der Waals surface area contributed by atoms with Crippen molar-refractivity contribution in [2.75, 3.05) is 0 Å². The van der Waals surface area contributed by atoms with E-state index in [9.17, 15) is 4.79 Å². The highest BCUT2D eigenvalue weighted by molar-refractivity contribution is 7.48. The molecule has 2 nitrogen and oxygen atoms in total. The Morgan fingerprint density at radius 2 is 1.49 bits per heavy atom. The van der Waals surface area contributed by atoms with Gasteiger partial charge in [-0.1, -0.05) is 109 Å². The Labute approximate surface area is 214 Å². The molecule has 0 heterocycles. The van der Waals surface area contributed by atoms with Crippen molar-refractivity contribution in [3.05, 3.63) is 94.0 Å². The van der Waals surface area contributed by atoms with Crippen LogP contribution in [-0.4, -0.2) is 5.78 Å². The highest BCUT2D eigenvalue weighted by atomic mass is 31.1. The molecule has 3 aromatic carbocycles. The molecule has 0 aromatic heterocycles. The van der Waals surface area contributed by atoms with E-state index in [-0.39, 0.29) is 16.4 Å². The van der Waals surface area contributed by atoms with Gasteiger partial charge in [0.2, 0.25) is 0 Å². The molecule has 0 bridgehead atoms. The SMILES string of the molecule is CCC(CC)(Pc1ccc(C)cc1C(C)=O)c1cc(C)cc(C(C)(C)C)c1OCc1ccccc1. The third-order valence-electron chi connectivity index (χ3n) is 6.92. The van der Waals surface area contributed by atoms with E-state index in [0.29, 0.717) is 15.2 Å². The Morgan fingerprint density at radius 3 is 2.06 bits per heavy atom. The number of carbonyl (C=O) groups excluding carboxylic acids is 1. The van der Waals surface area contributed by atoms with Crippen LogP contribution in [0, 0.1) is 13.8 Å². The zero-order valence-electron chi connectivity index (χ0n) is 22.7. The molecule has 0 aliphatic carbocycles. The van der Waals surface area contributed by atoms with Crippen LogP contribution < -0.4 is 10.0 Å². The van der Waals surface area contributed by atoms with E-state index in [4.69, 9.17) is 4.74 Å². The molecule has 0 saturated heterocycles. The lowest BCUT2D eigenvalue weighted by Crippen LogP contribution is -2.26. The number of ketones is 1. The number of benzene rings is 3. The standard InChI is InChI=1S/C32H41O2P/c1-9-32(10-2,35-29-17-16-22(3)18-26(29)24(5)33)28-20-23(4)19-27(31(6,7)8)30(28)34-21-25-14-12-11-13-15-25/h11-20,35H,9-10,21H2,1-8H3. The Morgan fingerprint density at radius 1 is 0.857 bits per heavy atom. The number of aryl methyl sites for hydroxylation is 2. The topological polar surface area (TPSA) is 26.3 Å². The number of hydrogen-bond donors (Lipinski definition) is 0. The Balaban J connectivity index is 2.20. The number of hydrogen-bond acceptors (Lipinski definition) is 2. The van der Waals surface area contributed by atoms with Crippen molar-refractivity contribution in [1.82, 2.24) is 0 Å². The van der Waals surface area contributed by atoms with Gasteiger partial charge in [0.25, 0.3) is 0 Å². The summed E-state index contributed by atoms with van der Waals surface area (Å²) in [5.41, 5.74) is 6.86. The monoisotopic (exact) mass is 488 g/mol. The molecule has 0 aliphatic heterocycles. The lowest BCUT2D eigenvalue weighted by atomic mass is 9.80. The van der Waals surface area contributed by atoms with Gasteiger partial charge in [-0.3, -0.25) is 4.79 Å². The van der Waals surface area contributed by atoms with E-state index in [1.165, 1.54) is 16.7 Å². The molecule has 3 aromatic rings. The maximum atomic E-state index is 12.6. The third-order valence-corrected chi connectivity index (χ3v) is 9.08. The van der Waals surface area contributed by atoms with Crippen molar-refractivity contribution in [3.8, 4) is 5.75 Å². The van der Waals surface area contributed by atoms with Crippen LogP contribution in [-0.2, 0) is 17.2 Å². The summed E-state index contributed by atoms with van der Waals surface area (Å²) < 4.78 is 6.72. The Hall–Kier alpha value is -2.44. The molecular weight excluding hydrogens is 447 g/mol.